The summed E-state index contributed by atoms with van der Waals surface area (Å²) in [6, 6.07) is 8.68. The third-order valence-electron chi connectivity index (χ3n) is 6.39. The number of hydrogen-bond acceptors (Lipinski definition) is 7. The lowest BCUT2D eigenvalue weighted by Crippen LogP contribution is -2.87. The normalized spacial score (nSPS) is 14.8. The van der Waals surface area contributed by atoms with Crippen molar-refractivity contribution < 1.29 is 29.4 Å². The SMILES string of the molecule is COc1ccc(CCn2c(O)c([C@H]3[NH2+]CCc4cc(OC)c(OC)cc43)c(=O)[nH]c2=O)cc1OC. The van der Waals surface area contributed by atoms with Gasteiger partial charge < -0.3 is 29.4 Å². The minimum Gasteiger partial charge on any atom is -0.494 e. The Hall–Kier alpha value is -3.92. The first-order valence-electron chi connectivity index (χ1n) is 11.3. The van der Waals surface area contributed by atoms with Gasteiger partial charge in [-0.2, -0.15) is 0 Å². The number of H-pyrrole nitrogens is 1. The number of benzene rings is 2. The molecule has 35 heavy (non-hydrogen) atoms. The maximum atomic E-state index is 12.9. The first-order valence-corrected chi connectivity index (χ1v) is 11.3. The van der Waals surface area contributed by atoms with E-state index < -0.39 is 17.3 Å². The summed E-state index contributed by atoms with van der Waals surface area (Å²) in [5.74, 6) is 1.96. The van der Waals surface area contributed by atoms with Crippen molar-refractivity contribution in [2.24, 2.45) is 0 Å². The second kappa shape index (κ2) is 10.1. The average molecular weight is 485 g/mol. The minimum absolute atomic E-state index is 0.130. The van der Waals surface area contributed by atoms with Crippen molar-refractivity contribution in [1.82, 2.24) is 9.55 Å². The minimum atomic E-state index is -0.667. The molecule has 186 valence electrons. The summed E-state index contributed by atoms with van der Waals surface area (Å²) in [6.07, 6.45) is 1.19. The van der Waals surface area contributed by atoms with Crippen molar-refractivity contribution in [3.63, 3.8) is 0 Å². The Morgan fingerprint density at radius 2 is 1.63 bits per heavy atom. The fourth-order valence-corrected chi connectivity index (χ4v) is 4.59. The van der Waals surface area contributed by atoms with Crippen molar-refractivity contribution in [1.29, 1.82) is 0 Å². The molecule has 0 saturated heterocycles. The van der Waals surface area contributed by atoms with E-state index in [2.05, 4.69) is 4.98 Å². The third kappa shape index (κ3) is 4.57. The Morgan fingerprint density at radius 3 is 2.31 bits per heavy atom. The zero-order valence-corrected chi connectivity index (χ0v) is 20.2. The first-order chi connectivity index (χ1) is 16.9. The molecule has 1 aliphatic heterocycles. The van der Waals surface area contributed by atoms with Crippen LogP contribution in [0.4, 0.5) is 0 Å². The highest BCUT2D eigenvalue weighted by molar-refractivity contribution is 5.51. The van der Waals surface area contributed by atoms with E-state index in [9.17, 15) is 14.7 Å². The zero-order chi connectivity index (χ0) is 25.1. The topological polar surface area (TPSA) is 129 Å². The standard InChI is InChI=1S/C25H29N3O7/c1-32-17-6-5-14(11-18(17)33-2)8-10-28-24(30)21(23(29)27-25(28)31)22-16-13-20(35-4)19(34-3)12-15(16)7-9-26-22/h5-6,11-13,22,26,30H,7-10H2,1-4H3,(H,27,29,31)/p+1/t22-/m0/s1. The number of fused-ring (bicyclic) bond motifs is 1. The van der Waals surface area contributed by atoms with Crippen LogP contribution in [0.5, 0.6) is 28.9 Å². The molecule has 1 atom stereocenters. The van der Waals surface area contributed by atoms with Crippen molar-refractivity contribution in [2.45, 2.75) is 25.4 Å². The summed E-state index contributed by atoms with van der Waals surface area (Å²) in [5.41, 5.74) is 1.56. The zero-order valence-electron chi connectivity index (χ0n) is 20.2. The van der Waals surface area contributed by atoms with Gasteiger partial charge in [0.25, 0.3) is 5.56 Å². The number of nitrogens with one attached hydrogen (secondary N) is 1. The summed E-state index contributed by atoms with van der Waals surface area (Å²) in [5, 5.41) is 13.1. The molecule has 0 spiro atoms. The number of ether oxygens (including phenoxy) is 4. The number of aromatic amines is 1. The van der Waals surface area contributed by atoms with Crippen LogP contribution < -0.4 is 35.5 Å². The van der Waals surface area contributed by atoms with Gasteiger partial charge in [-0.1, -0.05) is 6.07 Å². The Bertz CT molecular complexity index is 1350. The maximum absolute atomic E-state index is 12.9. The van der Waals surface area contributed by atoms with Gasteiger partial charge in [0.05, 0.1) is 35.0 Å². The molecule has 0 amide bonds. The molecule has 1 aliphatic rings. The van der Waals surface area contributed by atoms with E-state index in [4.69, 9.17) is 18.9 Å². The van der Waals surface area contributed by atoms with E-state index in [0.29, 0.717) is 36.0 Å². The first kappa shape index (κ1) is 24.2. The summed E-state index contributed by atoms with van der Waals surface area (Å²) < 4.78 is 22.7. The van der Waals surface area contributed by atoms with Crippen molar-refractivity contribution in [3.8, 4) is 28.9 Å². The molecule has 1 aromatic heterocycles. The fourth-order valence-electron chi connectivity index (χ4n) is 4.59. The molecule has 2 aromatic carbocycles. The number of nitrogens with two attached hydrogens (primary N) is 1. The average Bonchev–Trinajstić information content (AvgIpc) is 2.87. The van der Waals surface area contributed by atoms with Gasteiger partial charge in [0.2, 0.25) is 5.88 Å². The van der Waals surface area contributed by atoms with Gasteiger partial charge in [-0.05, 0) is 41.8 Å². The van der Waals surface area contributed by atoms with Crippen LogP contribution in [0.3, 0.4) is 0 Å². The number of aromatic hydroxyl groups is 1. The molecular weight excluding hydrogens is 454 g/mol. The number of aromatic nitrogens is 2. The lowest BCUT2D eigenvalue weighted by molar-refractivity contribution is -0.690. The van der Waals surface area contributed by atoms with Crippen LogP contribution in [0.25, 0.3) is 0 Å². The molecule has 0 radical (unpaired) electrons. The molecule has 4 N–H and O–H groups in total. The third-order valence-corrected chi connectivity index (χ3v) is 6.39. The van der Waals surface area contributed by atoms with Crippen molar-refractivity contribution in [3.05, 3.63) is 73.4 Å². The quantitative estimate of drug-likeness (QED) is 0.430. The van der Waals surface area contributed by atoms with E-state index in [1.807, 2.05) is 29.6 Å². The molecule has 0 unspecified atom stereocenters. The van der Waals surface area contributed by atoms with E-state index in [1.165, 1.54) is 4.57 Å². The highest BCUT2D eigenvalue weighted by atomic mass is 16.5. The molecule has 2 heterocycles. The molecule has 10 nitrogen and oxygen atoms in total. The Labute approximate surface area is 202 Å². The van der Waals surface area contributed by atoms with E-state index >= 15 is 0 Å². The van der Waals surface area contributed by atoms with Crippen LogP contribution >= 0.6 is 0 Å². The van der Waals surface area contributed by atoms with E-state index in [0.717, 1.165) is 23.1 Å². The fraction of sp³-hybridized carbons (Fsp3) is 0.360. The van der Waals surface area contributed by atoms with Gasteiger partial charge in [-0.25, -0.2) is 4.79 Å². The number of methoxy groups -OCH3 is 4. The van der Waals surface area contributed by atoms with Gasteiger partial charge in [-0.3, -0.25) is 14.3 Å². The van der Waals surface area contributed by atoms with Crippen LogP contribution in [-0.2, 0) is 19.4 Å². The van der Waals surface area contributed by atoms with Crippen LogP contribution in [0.1, 0.15) is 28.3 Å². The number of rotatable bonds is 8. The summed E-state index contributed by atoms with van der Waals surface area (Å²) in [6.45, 7) is 0.867. The Morgan fingerprint density at radius 1 is 0.971 bits per heavy atom. The predicted molar refractivity (Wildman–Crippen MR) is 128 cm³/mol. The van der Waals surface area contributed by atoms with Gasteiger partial charge in [0, 0.05) is 18.5 Å². The number of nitrogens with zero attached hydrogens (tertiary/aromatic N) is 1. The largest absolute Gasteiger partial charge is 0.494 e. The second-order valence-electron chi connectivity index (χ2n) is 8.25. The van der Waals surface area contributed by atoms with Gasteiger partial charge in [0.1, 0.15) is 11.6 Å². The molecular formula is C25H30N3O7+. The van der Waals surface area contributed by atoms with Crippen LogP contribution in [0.15, 0.2) is 39.9 Å². The lowest BCUT2D eigenvalue weighted by Gasteiger charge is -2.26. The Balaban J connectivity index is 1.72. The summed E-state index contributed by atoms with van der Waals surface area (Å²) in [4.78, 5) is 27.9. The summed E-state index contributed by atoms with van der Waals surface area (Å²) >= 11 is 0. The van der Waals surface area contributed by atoms with Crippen LogP contribution in [0.2, 0.25) is 0 Å². The van der Waals surface area contributed by atoms with Crippen LogP contribution in [0, 0.1) is 0 Å². The predicted octanol–water partition coefficient (Wildman–Crippen LogP) is 0.728. The molecule has 0 fully saturated rings. The smallest absolute Gasteiger partial charge is 0.331 e. The highest BCUT2D eigenvalue weighted by Crippen LogP contribution is 2.36. The second-order valence-corrected chi connectivity index (χ2v) is 8.25. The lowest BCUT2D eigenvalue weighted by atomic mass is 9.90. The number of quaternary nitrogens is 1. The van der Waals surface area contributed by atoms with E-state index in [-0.39, 0.29) is 18.0 Å². The monoisotopic (exact) mass is 484 g/mol. The molecule has 4 rings (SSSR count). The maximum Gasteiger partial charge on any atom is 0.331 e. The number of aryl methyl sites for hydroxylation is 1. The summed E-state index contributed by atoms with van der Waals surface area (Å²) in [7, 11) is 6.23. The van der Waals surface area contributed by atoms with Crippen molar-refractivity contribution in [2.75, 3.05) is 35.0 Å². The molecule has 0 bridgehead atoms. The van der Waals surface area contributed by atoms with Crippen LogP contribution in [-0.4, -0.2) is 49.6 Å². The molecule has 3 aromatic rings. The van der Waals surface area contributed by atoms with Crippen molar-refractivity contribution >= 4 is 0 Å². The van der Waals surface area contributed by atoms with E-state index in [1.54, 1.807) is 34.5 Å². The van der Waals surface area contributed by atoms with Gasteiger partial charge in [-0.15, -0.1) is 0 Å². The molecule has 0 saturated carbocycles. The highest BCUT2D eigenvalue weighted by Gasteiger charge is 2.33. The Kier molecular flexibility index (Phi) is 7.02. The molecule has 10 heteroatoms. The molecule has 0 aliphatic carbocycles. The number of hydrogen-bond donors (Lipinski definition) is 3. The van der Waals surface area contributed by atoms with Gasteiger partial charge >= 0.3 is 5.69 Å². The van der Waals surface area contributed by atoms with Gasteiger partial charge in [0.15, 0.2) is 23.0 Å².